The summed E-state index contributed by atoms with van der Waals surface area (Å²) in [6, 6.07) is 40.7. The molecule has 1 aromatic heterocycles. The van der Waals surface area contributed by atoms with Crippen LogP contribution in [0.2, 0.25) is 0 Å². The third kappa shape index (κ3) is 4.10. The largest absolute Gasteiger partial charge is 0.248 e. The third-order valence-corrected chi connectivity index (χ3v) is 5.89. The first kappa shape index (κ1) is 20.0. The minimum Gasteiger partial charge on any atom is -0.248 e. The summed E-state index contributed by atoms with van der Waals surface area (Å²) in [5.74, 6) is 0. The number of nitrogens with zero attached hydrogens (tertiary/aromatic N) is 1. The Balaban J connectivity index is 1.60. The second kappa shape index (κ2) is 8.64. The summed E-state index contributed by atoms with van der Waals surface area (Å²) in [5, 5.41) is 0. The summed E-state index contributed by atoms with van der Waals surface area (Å²) in [6.07, 6.45) is 0. The molecule has 1 heteroatoms. The lowest BCUT2D eigenvalue weighted by atomic mass is 9.95. The SMILES string of the molecule is Cc1ccc(C)c(-c2ccc(-c3cc(-c4ccccc4)nc(-c4ccccc4)c3)cc2)c1. The van der Waals surface area contributed by atoms with E-state index in [1.54, 1.807) is 0 Å². The number of aryl methyl sites for hydroxylation is 2. The smallest absolute Gasteiger partial charge is 0.0715 e. The molecule has 0 aliphatic carbocycles. The summed E-state index contributed by atoms with van der Waals surface area (Å²) >= 11 is 0. The van der Waals surface area contributed by atoms with Gasteiger partial charge in [0, 0.05) is 11.1 Å². The molecule has 0 radical (unpaired) electrons. The van der Waals surface area contributed by atoms with Crippen molar-refractivity contribution in [3.05, 3.63) is 126 Å². The molecule has 0 atom stereocenters. The quantitative estimate of drug-likeness (QED) is 0.289. The van der Waals surface area contributed by atoms with E-state index in [2.05, 4.69) is 117 Å². The van der Waals surface area contributed by atoms with E-state index in [4.69, 9.17) is 4.98 Å². The molecule has 1 heterocycles. The monoisotopic (exact) mass is 411 g/mol. The maximum absolute atomic E-state index is 4.99. The van der Waals surface area contributed by atoms with Crippen LogP contribution in [-0.4, -0.2) is 4.98 Å². The molecule has 0 aliphatic rings. The van der Waals surface area contributed by atoms with Crippen molar-refractivity contribution in [3.63, 3.8) is 0 Å². The topological polar surface area (TPSA) is 12.9 Å². The van der Waals surface area contributed by atoms with Gasteiger partial charge in [0.05, 0.1) is 11.4 Å². The fourth-order valence-corrected chi connectivity index (χ4v) is 4.10. The van der Waals surface area contributed by atoms with Gasteiger partial charge in [0.15, 0.2) is 0 Å². The normalized spacial score (nSPS) is 10.8. The lowest BCUT2D eigenvalue weighted by molar-refractivity contribution is 1.32. The maximum Gasteiger partial charge on any atom is 0.0715 e. The summed E-state index contributed by atoms with van der Waals surface area (Å²) in [6.45, 7) is 4.31. The maximum atomic E-state index is 4.99. The average Bonchev–Trinajstić information content (AvgIpc) is 2.86. The van der Waals surface area contributed by atoms with Crippen molar-refractivity contribution in [2.24, 2.45) is 0 Å². The molecule has 5 aromatic rings. The first-order valence-electron chi connectivity index (χ1n) is 11.0. The molecule has 32 heavy (non-hydrogen) atoms. The number of aromatic nitrogens is 1. The summed E-state index contributed by atoms with van der Waals surface area (Å²) in [5.41, 5.74) is 11.7. The van der Waals surface area contributed by atoms with Gasteiger partial charge in [0.2, 0.25) is 0 Å². The molecule has 0 saturated heterocycles. The van der Waals surface area contributed by atoms with Crippen molar-refractivity contribution in [2.75, 3.05) is 0 Å². The number of benzene rings is 4. The van der Waals surface area contributed by atoms with Crippen LogP contribution in [0.25, 0.3) is 44.8 Å². The molecular formula is C31H25N. The van der Waals surface area contributed by atoms with Crippen LogP contribution in [0.3, 0.4) is 0 Å². The Bertz CT molecular complexity index is 1290. The van der Waals surface area contributed by atoms with Gasteiger partial charge in [-0.15, -0.1) is 0 Å². The van der Waals surface area contributed by atoms with Crippen LogP contribution in [0, 0.1) is 13.8 Å². The van der Waals surface area contributed by atoms with Gasteiger partial charge in [-0.25, -0.2) is 4.98 Å². The molecule has 154 valence electrons. The fraction of sp³-hybridized carbons (Fsp3) is 0.0645. The predicted octanol–water partition coefficient (Wildman–Crippen LogP) is 8.37. The minimum atomic E-state index is 0.987. The van der Waals surface area contributed by atoms with Crippen LogP contribution in [0.15, 0.2) is 115 Å². The van der Waals surface area contributed by atoms with E-state index in [9.17, 15) is 0 Å². The molecule has 0 fully saturated rings. The fourth-order valence-electron chi connectivity index (χ4n) is 4.10. The van der Waals surface area contributed by atoms with Crippen molar-refractivity contribution >= 4 is 0 Å². The van der Waals surface area contributed by atoms with E-state index in [1.807, 2.05) is 12.1 Å². The highest BCUT2D eigenvalue weighted by molar-refractivity contribution is 5.78. The molecule has 0 bridgehead atoms. The second-order valence-electron chi connectivity index (χ2n) is 8.25. The standard InChI is InChI=1S/C31H25N/c1-22-13-14-23(2)29(19-22)25-17-15-24(16-18-25)28-20-30(26-9-5-3-6-10-26)32-31(21-28)27-11-7-4-8-12-27/h3-21H,1-2H3. The van der Waals surface area contributed by atoms with Crippen molar-refractivity contribution in [3.8, 4) is 44.8 Å². The van der Waals surface area contributed by atoms with Crippen LogP contribution in [0.4, 0.5) is 0 Å². The van der Waals surface area contributed by atoms with Crippen LogP contribution in [0.1, 0.15) is 11.1 Å². The van der Waals surface area contributed by atoms with Gasteiger partial charge < -0.3 is 0 Å². The summed E-state index contributed by atoms with van der Waals surface area (Å²) < 4.78 is 0. The first-order chi connectivity index (χ1) is 15.7. The van der Waals surface area contributed by atoms with E-state index >= 15 is 0 Å². The second-order valence-corrected chi connectivity index (χ2v) is 8.25. The number of hydrogen-bond acceptors (Lipinski definition) is 1. The molecule has 0 aliphatic heterocycles. The Kier molecular flexibility index (Phi) is 5.39. The third-order valence-electron chi connectivity index (χ3n) is 5.89. The minimum absolute atomic E-state index is 0.987. The molecule has 0 unspecified atom stereocenters. The highest BCUT2D eigenvalue weighted by Crippen LogP contribution is 2.32. The van der Waals surface area contributed by atoms with Gasteiger partial charge in [-0.1, -0.05) is 109 Å². The Labute approximate surface area is 190 Å². The lowest BCUT2D eigenvalue weighted by Crippen LogP contribution is -1.91. The Morgan fingerprint density at radius 3 is 1.53 bits per heavy atom. The molecule has 0 amide bonds. The van der Waals surface area contributed by atoms with Crippen LogP contribution in [0.5, 0.6) is 0 Å². The average molecular weight is 412 g/mol. The molecule has 5 rings (SSSR count). The van der Waals surface area contributed by atoms with Gasteiger partial charge in [-0.05, 0) is 53.8 Å². The molecule has 0 spiro atoms. The van der Waals surface area contributed by atoms with Crippen molar-refractivity contribution < 1.29 is 0 Å². The van der Waals surface area contributed by atoms with E-state index in [-0.39, 0.29) is 0 Å². The molecule has 0 saturated carbocycles. The predicted molar refractivity (Wildman–Crippen MR) is 135 cm³/mol. The zero-order chi connectivity index (χ0) is 21.9. The van der Waals surface area contributed by atoms with Crippen molar-refractivity contribution in [2.45, 2.75) is 13.8 Å². The molecule has 1 nitrogen and oxygen atoms in total. The van der Waals surface area contributed by atoms with Crippen LogP contribution >= 0.6 is 0 Å². The van der Waals surface area contributed by atoms with Gasteiger partial charge in [0.1, 0.15) is 0 Å². The van der Waals surface area contributed by atoms with Crippen LogP contribution in [-0.2, 0) is 0 Å². The van der Waals surface area contributed by atoms with Crippen molar-refractivity contribution in [1.82, 2.24) is 4.98 Å². The number of hydrogen-bond donors (Lipinski definition) is 0. The van der Waals surface area contributed by atoms with Crippen molar-refractivity contribution in [1.29, 1.82) is 0 Å². The van der Waals surface area contributed by atoms with E-state index in [0.29, 0.717) is 0 Å². The Morgan fingerprint density at radius 1 is 0.438 bits per heavy atom. The van der Waals surface area contributed by atoms with E-state index < -0.39 is 0 Å². The molecular weight excluding hydrogens is 386 g/mol. The van der Waals surface area contributed by atoms with Crippen LogP contribution < -0.4 is 0 Å². The first-order valence-corrected chi connectivity index (χ1v) is 11.0. The molecule has 0 N–H and O–H groups in total. The van der Waals surface area contributed by atoms with Gasteiger partial charge in [-0.3, -0.25) is 0 Å². The Morgan fingerprint density at radius 2 is 0.969 bits per heavy atom. The van der Waals surface area contributed by atoms with Gasteiger partial charge >= 0.3 is 0 Å². The lowest BCUT2D eigenvalue weighted by Gasteiger charge is -2.12. The Hall–Kier alpha value is -3.97. The van der Waals surface area contributed by atoms with Gasteiger partial charge in [0.25, 0.3) is 0 Å². The summed E-state index contributed by atoms with van der Waals surface area (Å²) in [7, 11) is 0. The number of pyridine rings is 1. The van der Waals surface area contributed by atoms with E-state index in [0.717, 1.165) is 22.5 Å². The van der Waals surface area contributed by atoms with Gasteiger partial charge in [-0.2, -0.15) is 0 Å². The summed E-state index contributed by atoms with van der Waals surface area (Å²) in [4.78, 5) is 4.99. The van der Waals surface area contributed by atoms with E-state index in [1.165, 1.54) is 33.4 Å². The number of rotatable bonds is 4. The highest BCUT2D eigenvalue weighted by atomic mass is 14.7. The zero-order valence-corrected chi connectivity index (χ0v) is 18.4. The highest BCUT2D eigenvalue weighted by Gasteiger charge is 2.10. The zero-order valence-electron chi connectivity index (χ0n) is 18.4. The molecule has 4 aromatic carbocycles.